The van der Waals surface area contributed by atoms with Gasteiger partial charge >= 0.3 is 0 Å². The van der Waals surface area contributed by atoms with Gasteiger partial charge in [0.05, 0.1) is 18.4 Å². The van der Waals surface area contributed by atoms with E-state index in [0.29, 0.717) is 17.8 Å². The van der Waals surface area contributed by atoms with Crippen LogP contribution in [0.5, 0.6) is 0 Å². The number of hydrogen-bond donors (Lipinski definition) is 1. The predicted molar refractivity (Wildman–Crippen MR) is 212 cm³/mol. The number of nitriles is 1. The van der Waals surface area contributed by atoms with E-state index in [0.717, 1.165) is 95.5 Å². The van der Waals surface area contributed by atoms with Gasteiger partial charge in [-0.25, -0.2) is 0 Å². The molecule has 0 spiro atoms. The molecular weight excluding hydrogens is 635 g/mol. The Hall–Kier alpha value is -3.88. The van der Waals surface area contributed by atoms with E-state index in [4.69, 9.17) is 4.99 Å². The third-order valence-electron chi connectivity index (χ3n) is 14.1. The zero-order valence-electron chi connectivity index (χ0n) is 31.0. The Bertz CT molecular complexity index is 1960. The second kappa shape index (κ2) is 13.8. The highest BCUT2D eigenvalue weighted by Crippen LogP contribution is 2.51. The van der Waals surface area contributed by atoms with Crippen molar-refractivity contribution in [1.29, 1.82) is 5.26 Å². The van der Waals surface area contributed by atoms with Crippen LogP contribution in [0.2, 0.25) is 0 Å². The van der Waals surface area contributed by atoms with E-state index in [1.165, 1.54) is 60.1 Å². The summed E-state index contributed by atoms with van der Waals surface area (Å²) in [6.45, 7) is 0. The molecule has 1 aromatic heterocycles. The second-order valence-corrected chi connectivity index (χ2v) is 16.9. The molecule has 1 saturated heterocycles. The van der Waals surface area contributed by atoms with Gasteiger partial charge in [0.25, 0.3) is 0 Å². The van der Waals surface area contributed by atoms with Crippen LogP contribution in [0.4, 0.5) is 0 Å². The molecule has 10 rings (SSSR count). The van der Waals surface area contributed by atoms with Gasteiger partial charge in [0.1, 0.15) is 6.17 Å². The number of hydrogen-bond acceptors (Lipinski definition) is 4. The Labute approximate surface area is 311 Å². The lowest BCUT2D eigenvalue weighted by Gasteiger charge is -2.47. The number of rotatable bonds is 5. The van der Waals surface area contributed by atoms with E-state index in [-0.39, 0.29) is 18.5 Å². The van der Waals surface area contributed by atoms with E-state index in [9.17, 15) is 5.26 Å². The zero-order chi connectivity index (χ0) is 34.6. The van der Waals surface area contributed by atoms with Crippen molar-refractivity contribution in [3.63, 3.8) is 0 Å². The maximum absolute atomic E-state index is 9.84. The summed E-state index contributed by atoms with van der Waals surface area (Å²) in [7, 11) is 0. The average molecular weight is 690 g/mol. The summed E-state index contributed by atoms with van der Waals surface area (Å²) >= 11 is 0. The van der Waals surface area contributed by atoms with Gasteiger partial charge in [-0.3, -0.25) is 10.3 Å². The number of nitrogens with one attached hydrogen (secondary N) is 1. The normalized spacial score (nSPS) is 32.4. The lowest BCUT2D eigenvalue weighted by Crippen LogP contribution is -2.55. The highest BCUT2D eigenvalue weighted by Gasteiger charge is 2.47. The molecular formula is C47H55N5. The van der Waals surface area contributed by atoms with E-state index in [1.807, 2.05) is 0 Å². The van der Waals surface area contributed by atoms with Crippen LogP contribution in [0.15, 0.2) is 86.7 Å². The Kier molecular flexibility index (Phi) is 8.71. The van der Waals surface area contributed by atoms with E-state index in [1.54, 1.807) is 28.1 Å². The van der Waals surface area contributed by atoms with Gasteiger partial charge in [0.2, 0.25) is 0 Å². The Morgan fingerprint density at radius 2 is 1.60 bits per heavy atom. The highest BCUT2D eigenvalue weighted by atomic mass is 15.4. The minimum absolute atomic E-state index is 0.242. The quantitative estimate of drug-likeness (QED) is 0.335. The molecule has 6 atom stereocenters. The van der Waals surface area contributed by atoms with Crippen molar-refractivity contribution in [2.45, 2.75) is 140 Å². The fraction of sp³-hybridized carbons (Fsp3) is 0.532. The minimum Gasteiger partial charge on any atom is -0.337 e. The monoisotopic (exact) mass is 689 g/mol. The van der Waals surface area contributed by atoms with Crippen LogP contribution in [-0.4, -0.2) is 28.0 Å². The summed E-state index contributed by atoms with van der Waals surface area (Å²) in [4.78, 5) is 8.17. The van der Waals surface area contributed by atoms with Crippen molar-refractivity contribution in [2.24, 2.45) is 22.7 Å². The van der Waals surface area contributed by atoms with Crippen LogP contribution in [0.1, 0.15) is 138 Å². The molecule has 4 heterocycles. The van der Waals surface area contributed by atoms with E-state index in [2.05, 4.69) is 81.8 Å². The lowest BCUT2D eigenvalue weighted by molar-refractivity contribution is 0.0684. The number of aromatic nitrogens is 1. The van der Waals surface area contributed by atoms with E-state index < -0.39 is 0 Å². The minimum atomic E-state index is 0.242. The van der Waals surface area contributed by atoms with Gasteiger partial charge < -0.3 is 9.47 Å². The van der Waals surface area contributed by atoms with Crippen LogP contribution < -0.4 is 5.32 Å². The predicted octanol–water partition coefficient (Wildman–Crippen LogP) is 10.7. The van der Waals surface area contributed by atoms with Gasteiger partial charge in [-0.1, -0.05) is 54.2 Å². The summed E-state index contributed by atoms with van der Waals surface area (Å²) in [5.41, 5.74) is 16.7. The maximum atomic E-state index is 9.84. The first-order valence-corrected chi connectivity index (χ1v) is 21.0. The van der Waals surface area contributed by atoms with Crippen LogP contribution >= 0.6 is 0 Å². The molecule has 3 aliphatic heterocycles. The molecule has 5 heteroatoms. The Morgan fingerprint density at radius 3 is 2.56 bits per heavy atom. The largest absolute Gasteiger partial charge is 0.337 e. The zero-order valence-corrected chi connectivity index (χ0v) is 31.0. The summed E-state index contributed by atoms with van der Waals surface area (Å²) < 4.78 is 2.79. The number of fused-ring (bicyclic) bond motifs is 5. The fourth-order valence-electron chi connectivity index (χ4n) is 11.9. The molecule has 268 valence electrons. The van der Waals surface area contributed by atoms with Crippen LogP contribution in [0.25, 0.3) is 12.2 Å². The molecule has 52 heavy (non-hydrogen) atoms. The molecule has 0 saturated carbocycles. The SMILES string of the molecule is N#CC1=CCCC(C2=CCCC=C2C2=C(C3CC(N4C5=C(CCCC5)C5CCC=NC54)NC(n4c5c(c6c4CCC=C6)CCC=C5)C3)CCC=C2)C1. The molecule has 1 N–H and O–H groups in total. The molecule has 1 fully saturated rings. The van der Waals surface area contributed by atoms with Crippen molar-refractivity contribution < 1.29 is 0 Å². The summed E-state index contributed by atoms with van der Waals surface area (Å²) in [5.74, 6) is 1.53. The van der Waals surface area contributed by atoms with Crippen molar-refractivity contribution in [3.05, 3.63) is 104 Å². The Morgan fingerprint density at radius 1 is 0.750 bits per heavy atom. The van der Waals surface area contributed by atoms with Crippen molar-refractivity contribution in [3.8, 4) is 6.07 Å². The molecule has 0 amide bonds. The average Bonchev–Trinajstić information content (AvgIpc) is 3.74. The van der Waals surface area contributed by atoms with Crippen molar-refractivity contribution in [2.75, 3.05) is 0 Å². The number of piperidine rings is 1. The number of allylic oxidation sites excluding steroid dienone is 13. The first kappa shape index (κ1) is 32.7. The second-order valence-electron chi connectivity index (χ2n) is 16.9. The van der Waals surface area contributed by atoms with E-state index >= 15 is 0 Å². The molecule has 9 aliphatic rings. The molecule has 1 aromatic rings. The third-order valence-corrected chi connectivity index (χ3v) is 14.1. The van der Waals surface area contributed by atoms with Gasteiger partial charge in [-0.2, -0.15) is 5.26 Å². The standard InChI is InChI=1S/C47H55N5/c48-30-31-13-11-14-32(27-31)34-15-1-3-17-36(34)37-18-4-2-16-35(37)33-28-45(51-42-23-8-5-19-38(42)39-20-6-9-24-43(39)51)50-46(29-33)52-44-25-10-7-21-40(44)41-22-12-26-49-47(41)52/h4-5,9,13,15,17-19,24,26,32-33,41,45-47,50H,1-3,6-8,10-12,14,16,20-23,25,27-29H2. The van der Waals surface area contributed by atoms with Crippen LogP contribution in [-0.2, 0) is 12.8 Å². The summed E-state index contributed by atoms with van der Waals surface area (Å²) in [6.07, 6.45) is 46.9. The molecule has 5 nitrogen and oxygen atoms in total. The van der Waals surface area contributed by atoms with Gasteiger partial charge in [0.15, 0.2) is 0 Å². The maximum Gasteiger partial charge on any atom is 0.128 e. The molecule has 6 aliphatic carbocycles. The first-order chi connectivity index (χ1) is 25.8. The molecule has 0 aromatic carbocycles. The fourth-order valence-corrected chi connectivity index (χ4v) is 11.9. The number of nitrogens with zero attached hydrogens (tertiary/aromatic N) is 4. The van der Waals surface area contributed by atoms with Crippen molar-refractivity contribution >= 4 is 18.4 Å². The van der Waals surface area contributed by atoms with Gasteiger partial charge in [0, 0.05) is 34.8 Å². The van der Waals surface area contributed by atoms with Crippen LogP contribution in [0, 0.1) is 29.1 Å². The lowest BCUT2D eigenvalue weighted by atomic mass is 9.72. The topological polar surface area (TPSA) is 56.4 Å². The summed E-state index contributed by atoms with van der Waals surface area (Å²) in [5, 5.41) is 14.3. The number of aliphatic imine (C=N–C) groups is 1. The molecule has 6 unspecified atom stereocenters. The molecule has 0 radical (unpaired) electrons. The molecule has 0 bridgehead atoms. The summed E-state index contributed by atoms with van der Waals surface area (Å²) in [6, 6.07) is 2.51. The highest BCUT2D eigenvalue weighted by molar-refractivity contribution is 5.69. The smallest absolute Gasteiger partial charge is 0.128 e. The first-order valence-electron chi connectivity index (χ1n) is 21.0. The van der Waals surface area contributed by atoms with Crippen LogP contribution in [0.3, 0.4) is 0 Å². The van der Waals surface area contributed by atoms with Crippen molar-refractivity contribution in [1.82, 2.24) is 14.8 Å². The van der Waals surface area contributed by atoms with Gasteiger partial charge in [-0.15, -0.1) is 0 Å². The Balaban J connectivity index is 1.08. The van der Waals surface area contributed by atoms with Gasteiger partial charge in [-0.05, 0) is 173 Å². The third kappa shape index (κ3) is 5.55.